The van der Waals surface area contributed by atoms with Crippen molar-refractivity contribution in [3.63, 3.8) is 0 Å². The minimum Gasteiger partial charge on any atom is -0.465 e. The van der Waals surface area contributed by atoms with Gasteiger partial charge in [-0.3, -0.25) is 14.5 Å². The Balaban J connectivity index is 1.88. The molecular formula is C19H19Cl2N3O4. The maximum Gasteiger partial charge on any atom is 0.337 e. The topological polar surface area (TPSA) is 87.7 Å². The molecule has 9 heteroatoms. The fraction of sp³-hybridized carbons (Fsp3) is 0.211. The quantitative estimate of drug-likeness (QED) is 0.667. The van der Waals surface area contributed by atoms with Gasteiger partial charge in [-0.2, -0.15) is 0 Å². The lowest BCUT2D eigenvalue weighted by Crippen LogP contribution is -2.36. The van der Waals surface area contributed by atoms with Gasteiger partial charge in [0, 0.05) is 5.69 Å². The molecule has 0 fully saturated rings. The number of anilines is 2. The summed E-state index contributed by atoms with van der Waals surface area (Å²) >= 11 is 12.0. The van der Waals surface area contributed by atoms with Crippen molar-refractivity contribution in [1.82, 2.24) is 4.90 Å². The van der Waals surface area contributed by atoms with Gasteiger partial charge in [-0.05, 0) is 37.4 Å². The Bertz CT molecular complexity index is 869. The summed E-state index contributed by atoms with van der Waals surface area (Å²) in [5.74, 6) is -1.20. The molecule has 2 aromatic carbocycles. The van der Waals surface area contributed by atoms with Crippen LogP contribution in [0.3, 0.4) is 0 Å². The lowest BCUT2D eigenvalue weighted by atomic mass is 10.2. The van der Waals surface area contributed by atoms with Crippen LogP contribution in [-0.2, 0) is 14.3 Å². The molecule has 0 unspecified atom stereocenters. The summed E-state index contributed by atoms with van der Waals surface area (Å²) in [5, 5.41) is 5.95. The zero-order chi connectivity index (χ0) is 20.7. The second kappa shape index (κ2) is 10.1. The number of carbonyl (C=O) groups is 3. The minimum absolute atomic E-state index is 0.0356. The number of nitrogens with one attached hydrogen (secondary N) is 2. The standard InChI is InChI=1S/C19H19Cl2N3O4/c1-24(11-17(26)23-18-14(20)7-4-8-15(18)21)10-16(25)22-13-6-3-5-12(9-13)19(27)28-2/h3-9H,10-11H2,1-2H3,(H,22,25)(H,23,26). The Labute approximate surface area is 172 Å². The van der Waals surface area contributed by atoms with Gasteiger partial charge in [-0.15, -0.1) is 0 Å². The first-order chi connectivity index (χ1) is 13.3. The van der Waals surface area contributed by atoms with Gasteiger partial charge in [0.25, 0.3) is 0 Å². The van der Waals surface area contributed by atoms with Gasteiger partial charge in [0.15, 0.2) is 0 Å². The molecule has 0 aliphatic rings. The molecule has 2 rings (SSSR count). The zero-order valence-corrected chi connectivity index (χ0v) is 16.8. The highest BCUT2D eigenvalue weighted by Crippen LogP contribution is 2.29. The molecule has 148 valence electrons. The minimum atomic E-state index is -0.497. The van der Waals surface area contributed by atoms with Crippen molar-refractivity contribution in [3.8, 4) is 0 Å². The Hall–Kier alpha value is -2.61. The molecule has 2 N–H and O–H groups in total. The average molecular weight is 424 g/mol. The first-order valence-corrected chi connectivity index (χ1v) is 8.96. The Kier molecular flexibility index (Phi) is 7.80. The normalized spacial score (nSPS) is 10.5. The van der Waals surface area contributed by atoms with Crippen LogP contribution in [0.25, 0.3) is 0 Å². The largest absolute Gasteiger partial charge is 0.465 e. The number of hydrogen-bond acceptors (Lipinski definition) is 5. The number of rotatable bonds is 7. The lowest BCUT2D eigenvalue weighted by Gasteiger charge is -2.17. The molecule has 2 amide bonds. The Morgan fingerprint density at radius 2 is 1.54 bits per heavy atom. The van der Waals surface area contributed by atoms with Crippen LogP contribution in [0.5, 0.6) is 0 Å². The predicted octanol–water partition coefficient (Wildman–Crippen LogP) is 3.29. The van der Waals surface area contributed by atoms with E-state index in [0.717, 1.165) is 0 Å². The number of carbonyl (C=O) groups excluding carboxylic acids is 3. The van der Waals surface area contributed by atoms with Crippen LogP contribution in [0, 0.1) is 0 Å². The maximum atomic E-state index is 12.2. The predicted molar refractivity (Wildman–Crippen MR) is 109 cm³/mol. The molecule has 0 atom stereocenters. The van der Waals surface area contributed by atoms with Crippen LogP contribution in [-0.4, -0.2) is 49.9 Å². The summed E-state index contributed by atoms with van der Waals surface area (Å²) in [5.41, 5.74) is 1.10. The lowest BCUT2D eigenvalue weighted by molar-refractivity contribution is -0.119. The third kappa shape index (κ3) is 6.23. The molecule has 2 aromatic rings. The fourth-order valence-electron chi connectivity index (χ4n) is 2.38. The van der Waals surface area contributed by atoms with Crippen LogP contribution in [0.4, 0.5) is 11.4 Å². The molecular weight excluding hydrogens is 405 g/mol. The third-order valence-electron chi connectivity index (χ3n) is 3.62. The average Bonchev–Trinajstić information content (AvgIpc) is 2.64. The van der Waals surface area contributed by atoms with E-state index in [4.69, 9.17) is 23.2 Å². The fourth-order valence-corrected chi connectivity index (χ4v) is 2.88. The van der Waals surface area contributed by atoms with E-state index >= 15 is 0 Å². The molecule has 0 aromatic heterocycles. The number of likely N-dealkylation sites (N-methyl/N-ethyl adjacent to an activating group) is 1. The van der Waals surface area contributed by atoms with Crippen LogP contribution in [0.1, 0.15) is 10.4 Å². The van der Waals surface area contributed by atoms with Gasteiger partial charge in [0.05, 0.1) is 41.5 Å². The van der Waals surface area contributed by atoms with E-state index in [1.807, 2.05) is 0 Å². The van der Waals surface area contributed by atoms with Crippen molar-refractivity contribution < 1.29 is 19.1 Å². The number of hydrogen-bond donors (Lipinski definition) is 2. The maximum absolute atomic E-state index is 12.2. The van der Waals surface area contributed by atoms with E-state index in [-0.39, 0.29) is 24.9 Å². The van der Waals surface area contributed by atoms with Gasteiger partial charge in [-0.25, -0.2) is 4.79 Å². The SMILES string of the molecule is COC(=O)c1cccc(NC(=O)CN(C)CC(=O)Nc2c(Cl)cccc2Cl)c1. The number of methoxy groups -OCH3 is 1. The van der Waals surface area contributed by atoms with E-state index in [0.29, 0.717) is 27.0 Å². The molecule has 28 heavy (non-hydrogen) atoms. The van der Waals surface area contributed by atoms with Gasteiger partial charge >= 0.3 is 5.97 Å². The van der Waals surface area contributed by atoms with Crippen molar-refractivity contribution in [2.75, 3.05) is 37.9 Å². The second-order valence-electron chi connectivity index (χ2n) is 5.94. The number of benzene rings is 2. The van der Waals surface area contributed by atoms with E-state index in [2.05, 4.69) is 15.4 Å². The smallest absolute Gasteiger partial charge is 0.337 e. The molecule has 0 bridgehead atoms. The van der Waals surface area contributed by atoms with Gasteiger partial charge in [-0.1, -0.05) is 35.3 Å². The van der Waals surface area contributed by atoms with Crippen LogP contribution >= 0.6 is 23.2 Å². The van der Waals surface area contributed by atoms with E-state index < -0.39 is 5.97 Å². The summed E-state index contributed by atoms with van der Waals surface area (Å²) in [6.45, 7) is -0.0801. The van der Waals surface area contributed by atoms with Gasteiger partial charge in [0.1, 0.15) is 0 Å². The number of para-hydroxylation sites is 1. The highest BCUT2D eigenvalue weighted by Gasteiger charge is 2.14. The molecule has 0 heterocycles. The second-order valence-corrected chi connectivity index (χ2v) is 6.75. The third-order valence-corrected chi connectivity index (χ3v) is 4.25. The molecule has 0 aliphatic carbocycles. The molecule has 0 aliphatic heterocycles. The molecule has 7 nitrogen and oxygen atoms in total. The summed E-state index contributed by atoms with van der Waals surface area (Å²) in [4.78, 5) is 37.4. The summed E-state index contributed by atoms with van der Waals surface area (Å²) in [6, 6.07) is 11.3. The highest BCUT2D eigenvalue weighted by molar-refractivity contribution is 6.39. The Morgan fingerprint density at radius 1 is 0.964 bits per heavy atom. The van der Waals surface area contributed by atoms with Crippen molar-refractivity contribution in [1.29, 1.82) is 0 Å². The Morgan fingerprint density at radius 3 is 2.14 bits per heavy atom. The first-order valence-electron chi connectivity index (χ1n) is 8.20. The summed E-state index contributed by atoms with van der Waals surface area (Å²) in [6.07, 6.45) is 0. The number of amides is 2. The first kappa shape index (κ1) is 21.7. The zero-order valence-electron chi connectivity index (χ0n) is 15.3. The molecule has 0 radical (unpaired) electrons. The molecule has 0 spiro atoms. The van der Waals surface area contributed by atoms with Crippen molar-refractivity contribution >= 4 is 52.4 Å². The van der Waals surface area contributed by atoms with E-state index in [1.54, 1.807) is 43.4 Å². The molecule has 0 saturated carbocycles. The number of esters is 1. The monoisotopic (exact) mass is 423 g/mol. The van der Waals surface area contributed by atoms with Crippen molar-refractivity contribution in [2.45, 2.75) is 0 Å². The number of halogens is 2. The number of nitrogens with zero attached hydrogens (tertiary/aromatic N) is 1. The van der Waals surface area contributed by atoms with Crippen LogP contribution in [0.2, 0.25) is 10.0 Å². The summed E-state index contributed by atoms with van der Waals surface area (Å²) < 4.78 is 4.65. The van der Waals surface area contributed by atoms with Gasteiger partial charge in [0.2, 0.25) is 11.8 Å². The van der Waals surface area contributed by atoms with Crippen LogP contribution in [0.15, 0.2) is 42.5 Å². The number of ether oxygens (including phenoxy) is 1. The van der Waals surface area contributed by atoms with Crippen molar-refractivity contribution in [2.24, 2.45) is 0 Å². The van der Waals surface area contributed by atoms with Crippen molar-refractivity contribution in [3.05, 3.63) is 58.1 Å². The van der Waals surface area contributed by atoms with E-state index in [1.165, 1.54) is 18.1 Å². The van der Waals surface area contributed by atoms with Crippen LogP contribution < -0.4 is 10.6 Å². The van der Waals surface area contributed by atoms with E-state index in [9.17, 15) is 14.4 Å². The molecule has 0 saturated heterocycles. The van der Waals surface area contributed by atoms with Gasteiger partial charge < -0.3 is 15.4 Å². The summed E-state index contributed by atoms with van der Waals surface area (Å²) in [7, 11) is 2.90. The highest BCUT2D eigenvalue weighted by atomic mass is 35.5.